The first-order valence-corrected chi connectivity index (χ1v) is 10.9. The van der Waals surface area contributed by atoms with Gasteiger partial charge in [0.15, 0.2) is 5.96 Å². The minimum absolute atomic E-state index is 0.241. The summed E-state index contributed by atoms with van der Waals surface area (Å²) in [6, 6.07) is 3.74. The number of piperidine rings is 1. The third kappa shape index (κ3) is 10.3. The Morgan fingerprint density at radius 1 is 1.23 bits per heavy atom. The molecule has 2 N–H and O–H groups in total. The Balaban J connectivity index is 1.54. The molecule has 0 saturated carbocycles. The van der Waals surface area contributed by atoms with E-state index in [4.69, 9.17) is 14.2 Å². The van der Waals surface area contributed by atoms with Crippen molar-refractivity contribution in [1.82, 2.24) is 20.5 Å². The number of ether oxygens (including phenoxy) is 3. The van der Waals surface area contributed by atoms with E-state index in [2.05, 4.69) is 25.5 Å². The molecule has 0 unspecified atom stereocenters. The first-order chi connectivity index (χ1) is 14.9. The summed E-state index contributed by atoms with van der Waals surface area (Å²) in [6.07, 6.45) is 5.95. The zero-order chi connectivity index (χ0) is 22.5. The second-order valence-corrected chi connectivity index (χ2v) is 8.35. The topological polar surface area (TPSA) is 97.3 Å². The summed E-state index contributed by atoms with van der Waals surface area (Å²) in [5, 5.41) is 6.10. The van der Waals surface area contributed by atoms with Crippen LogP contribution < -0.4 is 15.4 Å². The second kappa shape index (κ2) is 13.0. The second-order valence-electron chi connectivity index (χ2n) is 8.35. The van der Waals surface area contributed by atoms with E-state index < -0.39 is 5.60 Å². The van der Waals surface area contributed by atoms with Crippen LogP contribution >= 0.6 is 0 Å². The maximum atomic E-state index is 11.6. The number of likely N-dealkylation sites (tertiary alicyclic amines) is 1. The standard InChI is InChI=1S/C22H37N5O4/c1-22(2,3)31-21(28)26-11-6-15-29-18-8-13-27(14-9-18)20(23-4)25-12-16-30-19-7-5-10-24-17-19/h5,7,10,17-18H,6,8-9,11-16H2,1-4H3,(H,23,25)(H,26,28). The van der Waals surface area contributed by atoms with Gasteiger partial charge in [0.2, 0.25) is 0 Å². The third-order valence-corrected chi connectivity index (χ3v) is 4.58. The van der Waals surface area contributed by atoms with Gasteiger partial charge in [0, 0.05) is 39.5 Å². The lowest BCUT2D eigenvalue weighted by Crippen LogP contribution is -2.47. The summed E-state index contributed by atoms with van der Waals surface area (Å²) >= 11 is 0. The fourth-order valence-corrected chi connectivity index (χ4v) is 3.16. The van der Waals surface area contributed by atoms with Crippen LogP contribution in [0, 0.1) is 0 Å². The van der Waals surface area contributed by atoms with Gasteiger partial charge in [-0.3, -0.25) is 9.98 Å². The largest absolute Gasteiger partial charge is 0.490 e. The minimum atomic E-state index is -0.476. The number of alkyl carbamates (subject to hydrolysis) is 1. The number of amides is 1. The normalized spacial score (nSPS) is 15.5. The summed E-state index contributed by atoms with van der Waals surface area (Å²) in [5.41, 5.74) is -0.476. The number of carbonyl (C=O) groups is 1. The summed E-state index contributed by atoms with van der Waals surface area (Å²) in [4.78, 5) is 22.3. The number of aromatic nitrogens is 1. The fourth-order valence-electron chi connectivity index (χ4n) is 3.16. The van der Waals surface area contributed by atoms with E-state index in [9.17, 15) is 4.79 Å². The monoisotopic (exact) mass is 435 g/mol. The number of aliphatic imine (C=N–C) groups is 1. The zero-order valence-electron chi connectivity index (χ0n) is 19.2. The molecule has 0 radical (unpaired) electrons. The summed E-state index contributed by atoms with van der Waals surface area (Å²) < 4.78 is 16.8. The van der Waals surface area contributed by atoms with Gasteiger partial charge in [-0.15, -0.1) is 0 Å². The molecule has 1 fully saturated rings. The van der Waals surface area contributed by atoms with Gasteiger partial charge < -0.3 is 29.7 Å². The molecule has 9 heteroatoms. The molecule has 1 aromatic rings. The maximum absolute atomic E-state index is 11.6. The predicted octanol–water partition coefficient (Wildman–Crippen LogP) is 2.43. The summed E-state index contributed by atoms with van der Waals surface area (Å²) in [6.45, 7) is 9.72. The molecule has 0 bridgehead atoms. The molecule has 31 heavy (non-hydrogen) atoms. The average molecular weight is 436 g/mol. The molecule has 1 saturated heterocycles. The number of hydrogen-bond donors (Lipinski definition) is 2. The first-order valence-electron chi connectivity index (χ1n) is 10.9. The van der Waals surface area contributed by atoms with E-state index in [-0.39, 0.29) is 12.2 Å². The van der Waals surface area contributed by atoms with Gasteiger partial charge in [-0.2, -0.15) is 0 Å². The molecule has 9 nitrogen and oxygen atoms in total. The Kier molecular flexibility index (Phi) is 10.4. The summed E-state index contributed by atoms with van der Waals surface area (Å²) in [5.74, 6) is 1.65. The van der Waals surface area contributed by atoms with E-state index >= 15 is 0 Å². The third-order valence-electron chi connectivity index (χ3n) is 4.58. The molecular weight excluding hydrogens is 398 g/mol. The van der Waals surface area contributed by atoms with Crippen molar-refractivity contribution in [3.05, 3.63) is 24.5 Å². The van der Waals surface area contributed by atoms with Gasteiger partial charge in [0.25, 0.3) is 0 Å². The smallest absolute Gasteiger partial charge is 0.407 e. The van der Waals surface area contributed by atoms with E-state index in [1.165, 1.54) is 0 Å². The Morgan fingerprint density at radius 3 is 2.65 bits per heavy atom. The number of nitrogens with one attached hydrogen (secondary N) is 2. The number of rotatable bonds is 9. The number of pyridine rings is 1. The van der Waals surface area contributed by atoms with Crippen LogP contribution in [-0.4, -0.2) is 80.1 Å². The van der Waals surface area contributed by atoms with Crippen LogP contribution in [0.1, 0.15) is 40.0 Å². The van der Waals surface area contributed by atoms with Crippen molar-refractivity contribution in [3.8, 4) is 5.75 Å². The van der Waals surface area contributed by atoms with Gasteiger partial charge >= 0.3 is 6.09 Å². The van der Waals surface area contributed by atoms with Crippen molar-refractivity contribution in [2.45, 2.75) is 51.7 Å². The van der Waals surface area contributed by atoms with Crippen LogP contribution in [0.2, 0.25) is 0 Å². The van der Waals surface area contributed by atoms with Crippen LogP contribution in [0.3, 0.4) is 0 Å². The number of carbonyl (C=O) groups excluding carboxylic acids is 1. The SMILES string of the molecule is CN=C(NCCOc1cccnc1)N1CCC(OCCCNC(=O)OC(C)(C)C)CC1. The number of hydrogen-bond acceptors (Lipinski definition) is 6. The van der Waals surface area contributed by atoms with E-state index in [1.807, 2.05) is 32.9 Å². The number of guanidine groups is 1. The Labute approximate surface area is 185 Å². The Bertz CT molecular complexity index is 670. The van der Waals surface area contributed by atoms with E-state index in [0.29, 0.717) is 26.3 Å². The van der Waals surface area contributed by atoms with Gasteiger partial charge in [-0.25, -0.2) is 4.79 Å². The van der Waals surface area contributed by atoms with Crippen LogP contribution in [0.5, 0.6) is 5.75 Å². The van der Waals surface area contributed by atoms with Crippen molar-refractivity contribution in [2.24, 2.45) is 4.99 Å². The van der Waals surface area contributed by atoms with Crippen molar-refractivity contribution in [2.75, 3.05) is 46.4 Å². The van der Waals surface area contributed by atoms with E-state index in [0.717, 1.165) is 44.1 Å². The average Bonchev–Trinajstić information content (AvgIpc) is 2.74. The quantitative estimate of drug-likeness (QED) is 0.349. The Hall–Kier alpha value is -2.55. The molecule has 0 aliphatic carbocycles. The highest BCUT2D eigenvalue weighted by molar-refractivity contribution is 5.79. The first kappa shape index (κ1) is 24.7. The van der Waals surface area contributed by atoms with Crippen LogP contribution in [0.25, 0.3) is 0 Å². The molecule has 1 aliphatic rings. The molecule has 0 spiro atoms. The lowest BCUT2D eigenvalue weighted by atomic mass is 10.1. The molecule has 2 rings (SSSR count). The zero-order valence-corrected chi connectivity index (χ0v) is 19.2. The van der Waals surface area contributed by atoms with Gasteiger partial charge in [-0.1, -0.05) is 0 Å². The maximum Gasteiger partial charge on any atom is 0.407 e. The Morgan fingerprint density at radius 2 is 2.00 bits per heavy atom. The lowest BCUT2D eigenvalue weighted by molar-refractivity contribution is 0.0170. The molecule has 0 atom stereocenters. The van der Waals surface area contributed by atoms with Gasteiger partial charge in [0.1, 0.15) is 18.0 Å². The fraction of sp³-hybridized carbons (Fsp3) is 0.682. The highest BCUT2D eigenvalue weighted by atomic mass is 16.6. The predicted molar refractivity (Wildman–Crippen MR) is 120 cm³/mol. The van der Waals surface area contributed by atoms with Crippen LogP contribution in [0.4, 0.5) is 4.79 Å². The van der Waals surface area contributed by atoms with Gasteiger partial charge in [-0.05, 0) is 52.2 Å². The summed E-state index contributed by atoms with van der Waals surface area (Å²) in [7, 11) is 1.80. The minimum Gasteiger partial charge on any atom is -0.490 e. The van der Waals surface area contributed by atoms with Crippen molar-refractivity contribution >= 4 is 12.1 Å². The molecule has 174 valence electrons. The highest BCUT2D eigenvalue weighted by Gasteiger charge is 2.22. The van der Waals surface area contributed by atoms with Crippen molar-refractivity contribution in [1.29, 1.82) is 0 Å². The van der Waals surface area contributed by atoms with E-state index in [1.54, 1.807) is 19.4 Å². The highest BCUT2D eigenvalue weighted by Crippen LogP contribution is 2.14. The molecule has 1 amide bonds. The molecule has 1 aromatic heterocycles. The lowest BCUT2D eigenvalue weighted by Gasteiger charge is -2.34. The van der Waals surface area contributed by atoms with Crippen LogP contribution in [0.15, 0.2) is 29.5 Å². The number of nitrogens with zero attached hydrogens (tertiary/aromatic N) is 3. The molecule has 0 aromatic carbocycles. The van der Waals surface area contributed by atoms with Crippen LogP contribution in [-0.2, 0) is 9.47 Å². The molecule has 1 aliphatic heterocycles. The molecular formula is C22H37N5O4. The van der Waals surface area contributed by atoms with Crippen molar-refractivity contribution in [3.63, 3.8) is 0 Å². The van der Waals surface area contributed by atoms with Crippen molar-refractivity contribution < 1.29 is 19.0 Å². The van der Waals surface area contributed by atoms with Gasteiger partial charge in [0.05, 0.1) is 18.8 Å². The molecule has 2 heterocycles.